The van der Waals surface area contributed by atoms with Crippen molar-refractivity contribution in [3.63, 3.8) is 0 Å². The van der Waals surface area contributed by atoms with E-state index >= 15 is 0 Å². The van der Waals surface area contributed by atoms with Gasteiger partial charge in [-0.05, 0) is 86.3 Å². The third-order valence-corrected chi connectivity index (χ3v) is 11.3. The van der Waals surface area contributed by atoms with Gasteiger partial charge < -0.3 is 15.3 Å². The summed E-state index contributed by atoms with van der Waals surface area (Å²) in [7, 11) is 1.64. The van der Waals surface area contributed by atoms with Crippen molar-refractivity contribution in [2.45, 2.75) is 70.3 Å². The Hall–Kier alpha value is -4.01. The molecule has 2 saturated heterocycles. The van der Waals surface area contributed by atoms with E-state index in [1.54, 1.807) is 19.2 Å². The fraction of sp³-hybridized carbons (Fsp3) is 0.606. The number of alkyl halides is 3. The topological polar surface area (TPSA) is 131 Å². The lowest BCUT2D eigenvalue weighted by Crippen LogP contribution is -2.52. The number of carboxylic acids is 1. The number of carbonyl (C=O) groups is 2. The van der Waals surface area contributed by atoms with Crippen LogP contribution in [-0.4, -0.2) is 67.4 Å². The molecule has 2 aromatic heterocycles. The molecule has 6 fully saturated rings. The summed E-state index contributed by atoms with van der Waals surface area (Å²) in [5.74, 6) is -0.0853. The molecule has 258 valence electrons. The van der Waals surface area contributed by atoms with Crippen molar-refractivity contribution in [1.29, 1.82) is 0 Å². The smallest absolute Gasteiger partial charge is 0.475 e. The maximum Gasteiger partial charge on any atom is 0.490 e. The van der Waals surface area contributed by atoms with Crippen LogP contribution < -0.4 is 21.5 Å². The summed E-state index contributed by atoms with van der Waals surface area (Å²) in [4.78, 5) is 57.9. The highest BCUT2D eigenvalue weighted by molar-refractivity contribution is 5.85. The van der Waals surface area contributed by atoms with E-state index in [-0.39, 0.29) is 24.2 Å². The lowest BCUT2D eigenvalue weighted by atomic mass is 9.48. The molecule has 2 N–H and O–H groups in total. The highest BCUT2D eigenvalue weighted by Gasteiger charge is 2.54. The van der Waals surface area contributed by atoms with Gasteiger partial charge in [0.05, 0.1) is 13.1 Å². The first-order valence-corrected chi connectivity index (χ1v) is 16.5. The van der Waals surface area contributed by atoms with Gasteiger partial charge >= 0.3 is 17.8 Å². The molecule has 9 rings (SSSR count). The summed E-state index contributed by atoms with van der Waals surface area (Å²) in [6, 6.07) is 6.52. The van der Waals surface area contributed by atoms with E-state index in [2.05, 4.69) is 10.2 Å². The third-order valence-electron chi connectivity index (χ3n) is 11.3. The molecule has 3 aromatic rings. The lowest BCUT2D eigenvalue weighted by Gasteiger charge is -2.56. The number of carboxylic acid groups (broad SMARTS) is 1. The largest absolute Gasteiger partial charge is 0.490 e. The maximum atomic E-state index is 14.2. The van der Waals surface area contributed by atoms with Crippen molar-refractivity contribution in [3.05, 3.63) is 56.5 Å². The van der Waals surface area contributed by atoms with Gasteiger partial charge in [0.1, 0.15) is 5.82 Å². The summed E-state index contributed by atoms with van der Waals surface area (Å²) in [5, 5.41) is 10.6. The van der Waals surface area contributed by atoms with Crippen LogP contribution in [0.25, 0.3) is 11.2 Å². The van der Waals surface area contributed by atoms with Gasteiger partial charge in [-0.1, -0.05) is 12.1 Å². The van der Waals surface area contributed by atoms with Gasteiger partial charge in [-0.3, -0.25) is 23.3 Å². The molecule has 0 amide bonds. The third kappa shape index (κ3) is 5.63. The number of rotatable bonds is 6. The number of halogens is 4. The van der Waals surface area contributed by atoms with E-state index in [1.807, 2.05) is 4.57 Å². The molecule has 0 radical (unpaired) electrons. The summed E-state index contributed by atoms with van der Waals surface area (Å²) >= 11 is 0. The van der Waals surface area contributed by atoms with E-state index in [4.69, 9.17) is 14.9 Å². The number of anilines is 1. The molecule has 4 saturated carbocycles. The molecule has 15 heteroatoms. The molecule has 2 unspecified atom stereocenters. The van der Waals surface area contributed by atoms with Crippen LogP contribution in [0, 0.1) is 34.9 Å². The molecular weight excluding hydrogens is 636 g/mol. The fourth-order valence-electron chi connectivity index (χ4n) is 9.50. The fourth-order valence-corrected chi connectivity index (χ4v) is 9.50. The minimum atomic E-state index is -5.08. The quantitative estimate of drug-likeness (QED) is 0.381. The Labute approximate surface area is 272 Å². The molecule has 2 aliphatic heterocycles. The summed E-state index contributed by atoms with van der Waals surface area (Å²) < 4.78 is 49.9. The lowest BCUT2D eigenvalue weighted by molar-refractivity contribution is -0.192. The second-order valence-corrected chi connectivity index (χ2v) is 14.4. The van der Waals surface area contributed by atoms with Crippen LogP contribution in [0.2, 0.25) is 0 Å². The predicted molar refractivity (Wildman–Crippen MR) is 166 cm³/mol. The first-order valence-electron chi connectivity index (χ1n) is 16.5. The molecule has 1 aromatic carbocycles. The minimum absolute atomic E-state index is 0.0411. The number of aromatic nitrogens is 4. The standard InChI is InChI=1S/C31H37FN6O3.C2HF3O2/c1-35-27-26(28(40)38(30(35)41)17-25(39)31-11-19-8-20(12-31)10-21(9-19)13-31)37(16-18-2-4-23(32)5-3-18)29(34-27)36-7-6-22-14-33-15-24(22)36;3-2(4,5)1(6)7/h2-5,19-22,24,33H,6-17H2,1H3;(H,6,7). The predicted octanol–water partition coefficient (Wildman–Crippen LogP) is 3.30. The van der Waals surface area contributed by atoms with Crippen LogP contribution in [0.15, 0.2) is 33.9 Å². The number of aliphatic carboxylic acids is 1. The van der Waals surface area contributed by atoms with Crippen LogP contribution in [0.5, 0.6) is 0 Å². The Kier molecular flexibility index (Phi) is 8.03. The number of aryl methyl sites for hydroxylation is 1. The van der Waals surface area contributed by atoms with Crippen LogP contribution in [0.3, 0.4) is 0 Å². The van der Waals surface area contributed by atoms with Crippen molar-refractivity contribution in [3.8, 4) is 0 Å². The molecule has 4 aliphatic carbocycles. The zero-order valence-corrected chi connectivity index (χ0v) is 26.5. The minimum Gasteiger partial charge on any atom is -0.475 e. The van der Waals surface area contributed by atoms with Gasteiger partial charge in [-0.2, -0.15) is 18.2 Å². The van der Waals surface area contributed by atoms with Crippen molar-refractivity contribution < 1.29 is 32.3 Å². The van der Waals surface area contributed by atoms with Crippen molar-refractivity contribution >= 4 is 28.9 Å². The number of hydrogen-bond donors (Lipinski definition) is 2. The van der Waals surface area contributed by atoms with Crippen molar-refractivity contribution in [2.75, 3.05) is 24.5 Å². The second kappa shape index (κ2) is 11.8. The number of imidazole rings is 1. The Morgan fingerprint density at radius 2 is 1.60 bits per heavy atom. The molecule has 2 atom stereocenters. The molecule has 4 bridgehead atoms. The first-order chi connectivity index (χ1) is 22.7. The number of carbonyl (C=O) groups excluding carboxylic acids is 1. The number of hydrogen-bond acceptors (Lipinski definition) is 7. The van der Waals surface area contributed by atoms with Gasteiger partial charge in [0.15, 0.2) is 16.9 Å². The molecule has 6 aliphatic rings. The Bertz CT molecular complexity index is 1840. The van der Waals surface area contributed by atoms with Gasteiger partial charge in [-0.15, -0.1) is 0 Å². The highest BCUT2D eigenvalue weighted by Crippen LogP contribution is 2.60. The molecule has 4 heterocycles. The Morgan fingerprint density at radius 1 is 1.00 bits per heavy atom. The molecule has 11 nitrogen and oxygen atoms in total. The van der Waals surface area contributed by atoms with Crippen LogP contribution in [0.1, 0.15) is 50.5 Å². The summed E-state index contributed by atoms with van der Waals surface area (Å²) in [6.07, 6.45) is 2.30. The van der Waals surface area contributed by atoms with Crippen LogP contribution >= 0.6 is 0 Å². The first kappa shape index (κ1) is 32.5. The van der Waals surface area contributed by atoms with Crippen LogP contribution in [-0.2, 0) is 29.7 Å². The zero-order chi connectivity index (χ0) is 34.1. The van der Waals surface area contributed by atoms with Gasteiger partial charge in [0.2, 0.25) is 5.95 Å². The Morgan fingerprint density at radius 3 is 2.19 bits per heavy atom. The normalized spacial score (nSPS) is 28.9. The summed E-state index contributed by atoms with van der Waals surface area (Å²) in [6.45, 7) is 2.73. The molecule has 0 spiro atoms. The number of nitrogens with one attached hydrogen (secondary N) is 1. The monoisotopic (exact) mass is 674 g/mol. The van der Waals surface area contributed by atoms with E-state index in [1.165, 1.54) is 36.0 Å². The van der Waals surface area contributed by atoms with Gasteiger partial charge in [-0.25, -0.2) is 14.0 Å². The number of nitrogens with zero attached hydrogens (tertiary/aromatic N) is 5. The Balaban J connectivity index is 0.000000473. The average molecular weight is 675 g/mol. The van der Waals surface area contributed by atoms with E-state index in [0.29, 0.717) is 47.3 Å². The number of fused-ring (bicyclic) bond motifs is 2. The van der Waals surface area contributed by atoms with Crippen LogP contribution in [0.4, 0.5) is 23.5 Å². The average Bonchev–Trinajstić information content (AvgIpc) is 3.74. The van der Waals surface area contributed by atoms with Gasteiger partial charge in [0.25, 0.3) is 5.56 Å². The van der Waals surface area contributed by atoms with E-state index in [0.717, 1.165) is 55.4 Å². The van der Waals surface area contributed by atoms with E-state index in [9.17, 15) is 31.9 Å². The van der Waals surface area contributed by atoms with Crippen molar-refractivity contribution in [2.24, 2.45) is 36.1 Å². The SMILES string of the molecule is Cn1c(=O)n(CC(=O)C23CC4CC(CC(C4)C2)C3)c(=O)c2c1nc(N1CCC3CNCC31)n2Cc1ccc(F)cc1.O=C(O)C(F)(F)F. The van der Waals surface area contributed by atoms with E-state index < -0.39 is 28.8 Å². The van der Waals surface area contributed by atoms with Gasteiger partial charge in [0, 0.05) is 38.1 Å². The maximum absolute atomic E-state index is 14.2. The highest BCUT2D eigenvalue weighted by atomic mass is 19.4. The molecular formula is C33H38F4N6O5. The number of Topliss-reactive ketones (excluding diaryl/α,β-unsaturated/α-hetero) is 1. The van der Waals surface area contributed by atoms with Crippen molar-refractivity contribution in [1.82, 2.24) is 24.0 Å². The second-order valence-electron chi connectivity index (χ2n) is 14.4. The number of benzene rings is 1. The molecule has 48 heavy (non-hydrogen) atoms. The zero-order valence-electron chi connectivity index (χ0n) is 26.5. The number of ketones is 1. The summed E-state index contributed by atoms with van der Waals surface area (Å²) in [5.41, 5.74) is 0.108.